The van der Waals surface area contributed by atoms with Crippen LogP contribution in [0.25, 0.3) is 0 Å². The summed E-state index contributed by atoms with van der Waals surface area (Å²) in [5, 5.41) is 13.7. The molecule has 0 aliphatic rings. The molecule has 7 heteroatoms. The number of hydrogen-bond donors (Lipinski definition) is 2. The fourth-order valence-electron chi connectivity index (χ4n) is 2.36. The van der Waals surface area contributed by atoms with E-state index in [-0.39, 0.29) is 11.7 Å². The third-order valence-corrected chi connectivity index (χ3v) is 4.97. The number of hydrazone groups is 1. The molecule has 0 bridgehead atoms. The van der Waals surface area contributed by atoms with Gasteiger partial charge in [0.1, 0.15) is 18.1 Å². The van der Waals surface area contributed by atoms with E-state index < -0.39 is 0 Å². The molecule has 142 valence electrons. The number of phenolic OH excluding ortho intramolecular Hbond substituents is 1. The van der Waals surface area contributed by atoms with E-state index in [1.807, 2.05) is 30.3 Å². The number of rotatable bonds is 6. The van der Waals surface area contributed by atoms with Gasteiger partial charge in [-0.2, -0.15) is 5.10 Å². The number of halogens is 2. The standard InChI is InChI=1S/C21H16Br2N2O3/c22-18-9-15(10-19(23)20(18)26)12-24-25-21(27)16-7-4-8-17(11-16)28-13-14-5-2-1-3-6-14/h1-12,26H,13H2,(H,25,27)/b24-12+. The Balaban J connectivity index is 1.61. The van der Waals surface area contributed by atoms with E-state index in [0.29, 0.717) is 32.4 Å². The normalized spacial score (nSPS) is 10.8. The fraction of sp³-hybridized carbons (Fsp3) is 0.0476. The van der Waals surface area contributed by atoms with Gasteiger partial charge >= 0.3 is 0 Å². The summed E-state index contributed by atoms with van der Waals surface area (Å²) in [7, 11) is 0. The van der Waals surface area contributed by atoms with Crippen LogP contribution in [0.3, 0.4) is 0 Å². The summed E-state index contributed by atoms with van der Waals surface area (Å²) in [5.74, 6) is 0.360. The second kappa shape index (κ2) is 9.52. The number of ether oxygens (including phenoxy) is 1. The summed E-state index contributed by atoms with van der Waals surface area (Å²) in [6.07, 6.45) is 1.49. The molecule has 3 rings (SSSR count). The van der Waals surface area contributed by atoms with Crippen LogP contribution in [0.4, 0.5) is 0 Å². The van der Waals surface area contributed by atoms with Crippen LogP contribution in [0.1, 0.15) is 21.5 Å². The van der Waals surface area contributed by atoms with Crippen LogP contribution in [0.5, 0.6) is 11.5 Å². The van der Waals surface area contributed by atoms with E-state index in [2.05, 4.69) is 42.4 Å². The summed E-state index contributed by atoms with van der Waals surface area (Å²) in [4.78, 5) is 12.3. The van der Waals surface area contributed by atoms with Gasteiger partial charge in [-0.1, -0.05) is 36.4 Å². The molecular formula is C21H16Br2N2O3. The number of nitrogens with one attached hydrogen (secondary N) is 1. The smallest absolute Gasteiger partial charge is 0.271 e. The zero-order chi connectivity index (χ0) is 19.9. The average molecular weight is 504 g/mol. The third-order valence-electron chi connectivity index (χ3n) is 3.76. The number of carbonyl (C=O) groups is 1. The van der Waals surface area contributed by atoms with Crippen molar-refractivity contribution in [3.05, 3.63) is 92.4 Å². The van der Waals surface area contributed by atoms with Gasteiger partial charge in [0, 0.05) is 5.56 Å². The maximum Gasteiger partial charge on any atom is 0.271 e. The number of phenols is 1. The van der Waals surface area contributed by atoms with E-state index in [1.165, 1.54) is 6.21 Å². The van der Waals surface area contributed by atoms with Crippen LogP contribution in [0.15, 0.2) is 80.8 Å². The second-order valence-electron chi connectivity index (χ2n) is 5.83. The predicted octanol–water partition coefficient (Wildman–Crippen LogP) is 5.26. The Morgan fingerprint density at radius 1 is 1.04 bits per heavy atom. The maximum absolute atomic E-state index is 12.3. The van der Waals surface area contributed by atoms with Crippen LogP contribution in [-0.4, -0.2) is 17.2 Å². The van der Waals surface area contributed by atoms with E-state index in [1.54, 1.807) is 36.4 Å². The molecule has 0 spiro atoms. The lowest BCUT2D eigenvalue weighted by atomic mass is 10.2. The quantitative estimate of drug-likeness (QED) is 0.356. The number of aromatic hydroxyl groups is 1. The van der Waals surface area contributed by atoms with Crippen molar-refractivity contribution in [3.63, 3.8) is 0 Å². The highest BCUT2D eigenvalue weighted by molar-refractivity contribution is 9.11. The number of nitrogens with zero attached hydrogens (tertiary/aromatic N) is 1. The van der Waals surface area contributed by atoms with E-state index in [9.17, 15) is 9.90 Å². The van der Waals surface area contributed by atoms with Crippen LogP contribution in [0.2, 0.25) is 0 Å². The van der Waals surface area contributed by atoms with Crippen LogP contribution < -0.4 is 10.2 Å². The molecule has 0 unspecified atom stereocenters. The van der Waals surface area contributed by atoms with Crippen molar-refractivity contribution < 1.29 is 14.6 Å². The van der Waals surface area contributed by atoms with Crippen LogP contribution in [-0.2, 0) is 6.61 Å². The molecule has 0 aliphatic heterocycles. The minimum absolute atomic E-state index is 0.105. The molecule has 0 aromatic heterocycles. The van der Waals surface area contributed by atoms with Crippen molar-refractivity contribution in [1.29, 1.82) is 0 Å². The molecule has 28 heavy (non-hydrogen) atoms. The third kappa shape index (κ3) is 5.43. The van der Waals surface area contributed by atoms with Crippen molar-refractivity contribution >= 4 is 44.0 Å². The summed E-state index contributed by atoms with van der Waals surface area (Å²) in [6, 6.07) is 20.1. The first-order valence-corrected chi connectivity index (χ1v) is 9.90. The van der Waals surface area contributed by atoms with E-state index in [0.717, 1.165) is 5.56 Å². The average Bonchev–Trinajstić information content (AvgIpc) is 2.71. The fourth-order valence-corrected chi connectivity index (χ4v) is 3.58. The van der Waals surface area contributed by atoms with Crippen LogP contribution in [0, 0.1) is 0 Å². The molecule has 0 radical (unpaired) electrons. The van der Waals surface area contributed by atoms with Gasteiger partial charge < -0.3 is 9.84 Å². The highest BCUT2D eigenvalue weighted by Crippen LogP contribution is 2.32. The van der Waals surface area contributed by atoms with E-state index in [4.69, 9.17) is 4.74 Å². The SMILES string of the molecule is O=C(N/N=C/c1cc(Br)c(O)c(Br)c1)c1cccc(OCc2ccccc2)c1. The Morgan fingerprint density at radius 2 is 1.75 bits per heavy atom. The molecule has 0 fully saturated rings. The molecule has 1 amide bonds. The van der Waals surface area contributed by atoms with Gasteiger partial charge in [-0.25, -0.2) is 5.43 Å². The molecule has 3 aromatic rings. The van der Waals surface area contributed by atoms with Crippen molar-refractivity contribution in [3.8, 4) is 11.5 Å². The minimum Gasteiger partial charge on any atom is -0.506 e. The van der Waals surface area contributed by atoms with Gasteiger partial charge in [0.2, 0.25) is 0 Å². The number of benzene rings is 3. The largest absolute Gasteiger partial charge is 0.506 e. The number of amides is 1. The summed E-state index contributed by atoms with van der Waals surface area (Å²) in [5.41, 5.74) is 4.68. The lowest BCUT2D eigenvalue weighted by molar-refractivity contribution is 0.0954. The summed E-state index contributed by atoms with van der Waals surface area (Å²) in [6.45, 7) is 0.425. The molecule has 0 saturated heterocycles. The Hall–Kier alpha value is -2.64. The first-order valence-electron chi connectivity index (χ1n) is 8.31. The lowest BCUT2D eigenvalue weighted by Crippen LogP contribution is -2.17. The van der Waals surface area contributed by atoms with Crippen molar-refractivity contribution in [2.45, 2.75) is 6.61 Å². The Kier molecular flexibility index (Phi) is 6.84. The predicted molar refractivity (Wildman–Crippen MR) is 116 cm³/mol. The second-order valence-corrected chi connectivity index (χ2v) is 7.54. The highest BCUT2D eigenvalue weighted by atomic mass is 79.9. The van der Waals surface area contributed by atoms with Gasteiger partial charge in [-0.05, 0) is 73.3 Å². The highest BCUT2D eigenvalue weighted by Gasteiger charge is 2.07. The lowest BCUT2D eigenvalue weighted by Gasteiger charge is -2.07. The molecule has 3 aromatic carbocycles. The van der Waals surface area contributed by atoms with Gasteiger partial charge in [-0.3, -0.25) is 4.79 Å². The van der Waals surface area contributed by atoms with Gasteiger partial charge in [0.05, 0.1) is 15.2 Å². The first-order chi connectivity index (χ1) is 13.5. The number of carbonyl (C=O) groups excluding carboxylic acids is 1. The summed E-state index contributed by atoms with van der Waals surface area (Å²) >= 11 is 6.50. The minimum atomic E-state index is -0.349. The molecule has 2 N–H and O–H groups in total. The van der Waals surface area contributed by atoms with Crippen molar-refractivity contribution in [1.82, 2.24) is 5.43 Å². The van der Waals surface area contributed by atoms with Crippen LogP contribution >= 0.6 is 31.9 Å². The molecule has 5 nitrogen and oxygen atoms in total. The maximum atomic E-state index is 12.3. The van der Waals surface area contributed by atoms with Crippen molar-refractivity contribution in [2.24, 2.45) is 5.10 Å². The molecule has 0 aliphatic carbocycles. The molecule has 0 saturated carbocycles. The Bertz CT molecular complexity index is 985. The molecular weight excluding hydrogens is 488 g/mol. The molecule has 0 heterocycles. The summed E-state index contributed by atoms with van der Waals surface area (Å²) < 4.78 is 6.79. The Morgan fingerprint density at radius 3 is 2.46 bits per heavy atom. The zero-order valence-corrected chi connectivity index (χ0v) is 17.8. The topological polar surface area (TPSA) is 70.9 Å². The Labute approximate surface area is 179 Å². The van der Waals surface area contributed by atoms with E-state index >= 15 is 0 Å². The monoisotopic (exact) mass is 502 g/mol. The van der Waals surface area contributed by atoms with Crippen molar-refractivity contribution in [2.75, 3.05) is 0 Å². The zero-order valence-electron chi connectivity index (χ0n) is 14.6. The number of hydrogen-bond acceptors (Lipinski definition) is 4. The van der Waals surface area contributed by atoms with Gasteiger partial charge in [0.25, 0.3) is 5.91 Å². The van der Waals surface area contributed by atoms with Gasteiger partial charge in [-0.15, -0.1) is 0 Å². The van der Waals surface area contributed by atoms with Gasteiger partial charge in [0.15, 0.2) is 0 Å². The molecule has 0 atom stereocenters. The first kappa shape index (κ1) is 20.1.